The molecule has 0 bridgehead atoms. The summed E-state index contributed by atoms with van der Waals surface area (Å²) in [6.07, 6.45) is 3.70. The van der Waals surface area contributed by atoms with Gasteiger partial charge in [0.05, 0.1) is 0 Å². The van der Waals surface area contributed by atoms with E-state index in [1.807, 2.05) is 0 Å². The zero-order valence-electron chi connectivity index (χ0n) is 18.3. The number of aromatic hydroxyl groups is 2. The molecule has 0 heterocycles. The molecule has 0 aliphatic carbocycles. The first-order valence-electron chi connectivity index (χ1n) is 10.9. The van der Waals surface area contributed by atoms with E-state index in [0.29, 0.717) is 8.87 Å². The van der Waals surface area contributed by atoms with Crippen LogP contribution in [0.25, 0.3) is 0 Å². The van der Waals surface area contributed by atoms with Crippen LogP contribution >= 0.6 is 0 Å². The van der Waals surface area contributed by atoms with E-state index in [0.717, 1.165) is 36.8 Å². The van der Waals surface area contributed by atoms with Crippen molar-refractivity contribution in [1.82, 2.24) is 0 Å². The maximum absolute atomic E-state index is 12.8. The fourth-order valence-corrected chi connectivity index (χ4v) is 13.2. The summed E-state index contributed by atoms with van der Waals surface area (Å²) in [5.74, 6) is -0.489. The molecule has 0 radical (unpaired) electrons. The zero-order chi connectivity index (χ0) is 22.7. The van der Waals surface area contributed by atoms with Crippen molar-refractivity contribution in [1.29, 1.82) is 0 Å². The molecule has 0 spiro atoms. The van der Waals surface area contributed by atoms with Gasteiger partial charge in [-0.25, -0.2) is 0 Å². The number of benzene rings is 2. The van der Waals surface area contributed by atoms with Gasteiger partial charge in [0.25, 0.3) is 0 Å². The summed E-state index contributed by atoms with van der Waals surface area (Å²) in [7, 11) is 0. The molecule has 0 fully saturated rings. The van der Waals surface area contributed by atoms with Crippen molar-refractivity contribution in [3.8, 4) is 11.5 Å². The van der Waals surface area contributed by atoms with Crippen molar-refractivity contribution in [2.45, 2.75) is 61.2 Å². The summed E-state index contributed by atoms with van der Waals surface area (Å²) in [6, 6.07) is 12.9. The third kappa shape index (κ3) is 8.81. The summed E-state index contributed by atoms with van der Waals surface area (Å²) >= 11 is -4.01. The number of phenolic OH excluding ortho intramolecular Hbond substituents is 2. The molecular formula is C24H32O6Sn. The van der Waals surface area contributed by atoms with E-state index in [-0.39, 0.29) is 36.3 Å². The molecule has 2 aromatic carbocycles. The second kappa shape index (κ2) is 12.6. The Labute approximate surface area is 189 Å². The van der Waals surface area contributed by atoms with E-state index in [4.69, 9.17) is 6.15 Å². The molecule has 31 heavy (non-hydrogen) atoms. The van der Waals surface area contributed by atoms with Gasteiger partial charge in [0.2, 0.25) is 0 Å². The number of carbonyl (C=O) groups excluding carboxylic acids is 2. The normalized spacial score (nSPS) is 11.2. The number of hydrogen-bond acceptors (Lipinski definition) is 6. The third-order valence-corrected chi connectivity index (χ3v) is 14.8. The molecular weight excluding hydrogens is 503 g/mol. The predicted molar refractivity (Wildman–Crippen MR) is 121 cm³/mol. The van der Waals surface area contributed by atoms with E-state index in [1.54, 1.807) is 24.3 Å². The molecule has 168 valence electrons. The Kier molecular flexibility index (Phi) is 10.2. The molecule has 2 rings (SSSR count). The van der Waals surface area contributed by atoms with Crippen molar-refractivity contribution in [3.05, 3.63) is 59.7 Å². The Morgan fingerprint density at radius 2 is 1.06 bits per heavy atom. The van der Waals surface area contributed by atoms with Crippen molar-refractivity contribution >= 4 is 31.1 Å². The van der Waals surface area contributed by atoms with E-state index < -0.39 is 19.2 Å². The van der Waals surface area contributed by atoms with Crippen LogP contribution in [0.5, 0.6) is 11.5 Å². The van der Waals surface area contributed by atoms with Crippen LogP contribution in [0.15, 0.2) is 48.5 Å². The quantitative estimate of drug-likeness (QED) is 0.372. The molecule has 0 aliphatic rings. The first-order chi connectivity index (χ1) is 14.9. The van der Waals surface area contributed by atoms with Crippen LogP contribution in [0.4, 0.5) is 0 Å². The molecule has 2 aromatic rings. The van der Waals surface area contributed by atoms with Crippen LogP contribution in [0.1, 0.15) is 50.7 Å². The van der Waals surface area contributed by atoms with Gasteiger partial charge in [0.15, 0.2) is 0 Å². The van der Waals surface area contributed by atoms with Gasteiger partial charge >= 0.3 is 189 Å². The predicted octanol–water partition coefficient (Wildman–Crippen LogP) is 5.01. The fraction of sp³-hybridized carbons (Fsp3) is 0.417. The van der Waals surface area contributed by atoms with Gasteiger partial charge in [-0.2, -0.15) is 0 Å². The summed E-state index contributed by atoms with van der Waals surface area (Å²) in [5, 5.41) is 18.9. The monoisotopic (exact) mass is 536 g/mol. The number of rotatable bonds is 12. The summed E-state index contributed by atoms with van der Waals surface area (Å²) in [6.45, 7) is 4.12. The fourth-order valence-electron chi connectivity index (χ4n) is 3.29. The molecule has 0 amide bonds. The van der Waals surface area contributed by atoms with Crippen molar-refractivity contribution in [2.24, 2.45) is 0 Å². The molecule has 0 saturated heterocycles. The van der Waals surface area contributed by atoms with E-state index >= 15 is 0 Å². The van der Waals surface area contributed by atoms with E-state index in [1.165, 1.54) is 24.3 Å². The molecule has 0 aliphatic heterocycles. The standard InChI is InChI=1S/2C8H8O3.2C4H9.Sn/c2*9-7-3-1-6(2-4-7)5-8(10)11;2*1-3-4-2;/h2*1-4,9H,5H2,(H,10,11);2*1,3-4H2,2H3;/q;;;;+2/p-2. The van der Waals surface area contributed by atoms with Gasteiger partial charge < -0.3 is 0 Å². The topological polar surface area (TPSA) is 93.1 Å². The Bertz CT molecular complexity index is 761. The van der Waals surface area contributed by atoms with Crippen LogP contribution < -0.4 is 0 Å². The van der Waals surface area contributed by atoms with Crippen LogP contribution in [-0.4, -0.2) is 41.4 Å². The van der Waals surface area contributed by atoms with E-state index in [9.17, 15) is 19.8 Å². The summed E-state index contributed by atoms with van der Waals surface area (Å²) in [5.41, 5.74) is 1.48. The van der Waals surface area contributed by atoms with E-state index in [2.05, 4.69) is 13.8 Å². The van der Waals surface area contributed by atoms with Crippen LogP contribution in [-0.2, 0) is 28.6 Å². The summed E-state index contributed by atoms with van der Waals surface area (Å²) < 4.78 is 13.4. The van der Waals surface area contributed by atoms with Gasteiger partial charge in [-0.15, -0.1) is 0 Å². The molecule has 0 saturated carbocycles. The maximum atomic E-state index is 12.8. The zero-order valence-corrected chi connectivity index (χ0v) is 21.2. The second-order valence-electron chi connectivity index (χ2n) is 7.75. The molecule has 0 aromatic heterocycles. The van der Waals surface area contributed by atoms with Crippen molar-refractivity contribution in [2.75, 3.05) is 0 Å². The van der Waals surface area contributed by atoms with Crippen LogP contribution in [0.3, 0.4) is 0 Å². The Hall–Kier alpha value is -2.22. The minimum absolute atomic E-state index is 0.0761. The number of phenols is 2. The SMILES string of the molecule is CCC[CH2][Sn]([CH2]CCC)([O]C(=O)Cc1ccc(O)cc1)[O]C(=O)Cc1ccc(O)cc1. The second-order valence-corrected chi connectivity index (χ2v) is 17.0. The average molecular weight is 535 g/mol. The third-order valence-electron chi connectivity index (χ3n) is 4.99. The number of carbonyl (C=O) groups is 2. The molecule has 0 unspecified atom stereocenters. The average Bonchev–Trinajstić information content (AvgIpc) is 2.74. The Morgan fingerprint density at radius 3 is 1.39 bits per heavy atom. The van der Waals surface area contributed by atoms with Gasteiger partial charge in [-0.3, -0.25) is 0 Å². The molecule has 6 nitrogen and oxygen atoms in total. The Balaban J connectivity index is 2.14. The van der Waals surface area contributed by atoms with Crippen LogP contribution in [0.2, 0.25) is 8.87 Å². The van der Waals surface area contributed by atoms with Crippen LogP contribution in [0, 0.1) is 0 Å². The van der Waals surface area contributed by atoms with Gasteiger partial charge in [-0.1, -0.05) is 0 Å². The number of hydrogen-bond donors (Lipinski definition) is 2. The molecule has 2 N–H and O–H groups in total. The number of unbranched alkanes of at least 4 members (excludes halogenated alkanes) is 2. The van der Waals surface area contributed by atoms with Gasteiger partial charge in [0.1, 0.15) is 0 Å². The summed E-state index contributed by atoms with van der Waals surface area (Å²) in [4.78, 5) is 25.5. The first kappa shape index (κ1) is 25.0. The van der Waals surface area contributed by atoms with Crippen molar-refractivity contribution in [3.63, 3.8) is 0 Å². The molecule has 0 atom stereocenters. The minimum atomic E-state index is -4.01. The first-order valence-corrected chi connectivity index (χ1v) is 17.2. The molecule has 7 heteroatoms. The Morgan fingerprint density at radius 1 is 0.710 bits per heavy atom. The van der Waals surface area contributed by atoms with Gasteiger partial charge in [-0.05, 0) is 0 Å². The van der Waals surface area contributed by atoms with Crippen molar-refractivity contribution < 1.29 is 26.0 Å². The van der Waals surface area contributed by atoms with Gasteiger partial charge in [0, 0.05) is 0 Å².